The number of Topliss-reactive ketones (excluding diaryl/α,β-unsaturated/α-hetero) is 1. The van der Waals surface area contributed by atoms with E-state index in [9.17, 15) is 26.0 Å². The van der Waals surface area contributed by atoms with Crippen molar-refractivity contribution in [3.05, 3.63) is 39.8 Å². The van der Waals surface area contributed by atoms with Crippen LogP contribution in [0.4, 0.5) is 4.39 Å². The smallest absolute Gasteiger partial charge is 0.310 e. The summed E-state index contributed by atoms with van der Waals surface area (Å²) < 4.78 is 73.5. The minimum Gasteiger partial charge on any atom is -0.371 e. The molecule has 0 aliphatic carbocycles. The van der Waals surface area contributed by atoms with Crippen LogP contribution in [-0.2, 0) is 28.9 Å². The quantitative estimate of drug-likeness (QED) is 0.142. The predicted molar refractivity (Wildman–Crippen MR) is 126 cm³/mol. The number of hydrogen-bond donors (Lipinski definition) is 2. The highest BCUT2D eigenvalue weighted by molar-refractivity contribution is 7.91. The second-order valence-corrected chi connectivity index (χ2v) is 11.6. The number of hydrogen-bond acceptors (Lipinski definition) is 9. The molecule has 2 rings (SSSR count). The average Bonchev–Trinajstić information content (AvgIpc) is 2.75. The average molecular weight is 519 g/mol. The van der Waals surface area contributed by atoms with E-state index in [1.165, 1.54) is 6.07 Å². The number of rotatable bonds is 12. The Morgan fingerprint density at radius 2 is 2.00 bits per heavy atom. The second-order valence-electron chi connectivity index (χ2n) is 7.86. The van der Waals surface area contributed by atoms with Gasteiger partial charge in [-0.15, -0.1) is 0 Å². The van der Waals surface area contributed by atoms with Crippen molar-refractivity contribution >= 4 is 32.0 Å². The summed E-state index contributed by atoms with van der Waals surface area (Å²) in [6, 6.07) is 1.40. The third-order valence-electron chi connectivity index (χ3n) is 5.33. The van der Waals surface area contributed by atoms with Crippen molar-refractivity contribution in [1.82, 2.24) is 5.32 Å². The summed E-state index contributed by atoms with van der Waals surface area (Å²) in [5.74, 6) is -1.52. The number of carbonyl (C=O) groups is 1. The summed E-state index contributed by atoms with van der Waals surface area (Å²) in [6.07, 6.45) is 0.390. The van der Waals surface area contributed by atoms with Crippen molar-refractivity contribution in [2.75, 3.05) is 31.3 Å². The largest absolute Gasteiger partial charge is 0.371 e. The van der Waals surface area contributed by atoms with Gasteiger partial charge < -0.3 is 19.6 Å². The molecule has 0 spiro atoms. The van der Waals surface area contributed by atoms with Gasteiger partial charge in [-0.2, -0.15) is 8.42 Å². The molecule has 0 radical (unpaired) electrons. The molecule has 9 nitrogen and oxygen atoms in total. The van der Waals surface area contributed by atoms with Gasteiger partial charge in [0.1, 0.15) is 12.2 Å². The summed E-state index contributed by atoms with van der Waals surface area (Å²) in [7, 11) is -7.64. The number of sulfone groups is 1. The Morgan fingerprint density at radius 1 is 1.32 bits per heavy atom. The molecule has 34 heavy (non-hydrogen) atoms. The van der Waals surface area contributed by atoms with E-state index in [2.05, 4.69) is 5.32 Å². The molecule has 1 aromatic rings. The summed E-state index contributed by atoms with van der Waals surface area (Å²) >= 11 is 0. The summed E-state index contributed by atoms with van der Waals surface area (Å²) in [6.45, 7) is 5.70. The third-order valence-corrected chi connectivity index (χ3v) is 8.60. The third kappa shape index (κ3) is 6.02. The normalized spacial score (nSPS) is 18.0. The van der Waals surface area contributed by atoms with Crippen LogP contribution >= 0.6 is 0 Å². The maximum atomic E-state index is 13.5. The van der Waals surface area contributed by atoms with Crippen molar-refractivity contribution in [2.24, 2.45) is 0 Å². The van der Waals surface area contributed by atoms with E-state index in [1.807, 2.05) is 0 Å². The second kappa shape index (κ2) is 11.4. The zero-order valence-corrected chi connectivity index (χ0v) is 21.4. The number of carbonyl (C=O) groups excluding carboxylic acids is 1. The Morgan fingerprint density at radius 3 is 2.56 bits per heavy atom. The fourth-order valence-electron chi connectivity index (χ4n) is 3.94. The summed E-state index contributed by atoms with van der Waals surface area (Å²) in [5, 5.41) is 10.5. The highest BCUT2D eigenvalue weighted by Crippen LogP contribution is 2.40. The Balaban J connectivity index is 2.72. The number of ether oxygens (including phenoxy) is 1. The van der Waals surface area contributed by atoms with Gasteiger partial charge in [0, 0.05) is 23.9 Å². The topological polar surface area (TPSA) is 140 Å². The fourth-order valence-corrected chi connectivity index (χ4v) is 6.83. The highest BCUT2D eigenvalue weighted by Gasteiger charge is 2.36. The number of allylic oxidation sites excluding steroid dienone is 1. The van der Waals surface area contributed by atoms with Gasteiger partial charge in [0.2, 0.25) is 5.88 Å². The van der Waals surface area contributed by atoms with Crippen LogP contribution in [0.5, 0.6) is 0 Å². The van der Waals surface area contributed by atoms with Crippen molar-refractivity contribution in [1.29, 1.82) is 5.41 Å². The van der Waals surface area contributed by atoms with E-state index in [0.717, 1.165) is 0 Å². The molecule has 1 atom stereocenters. The van der Waals surface area contributed by atoms with Gasteiger partial charge in [0.05, 0.1) is 29.1 Å². The first-order valence-electron chi connectivity index (χ1n) is 10.9. The van der Waals surface area contributed by atoms with Crippen LogP contribution in [-0.4, -0.2) is 60.2 Å². The Labute approximate surface area is 200 Å². The lowest BCUT2D eigenvalue weighted by Gasteiger charge is -2.29. The van der Waals surface area contributed by atoms with E-state index in [4.69, 9.17) is 14.3 Å². The minimum atomic E-state index is -4.00. The van der Waals surface area contributed by atoms with E-state index in [0.29, 0.717) is 23.8 Å². The number of aryl methyl sites for hydroxylation is 1. The number of ketones is 1. The zero-order chi connectivity index (χ0) is 25.7. The molecule has 0 saturated carbocycles. The first-order chi connectivity index (χ1) is 15.9. The van der Waals surface area contributed by atoms with Gasteiger partial charge in [-0.3, -0.25) is 4.79 Å². The standard InChI is InChI=1S/C22H31FN2O7S2/c1-5-10-34(29,30)32-22(25-6-2)17(13-24)20(26)16-12-14(3)21-19(15(16)4)18(31-9-8-23)7-11-33(21,27)28/h12-13,18,24-25H,5-11H2,1-4H3/b22-17+,24-13?. The van der Waals surface area contributed by atoms with Crippen LogP contribution in [0.2, 0.25) is 0 Å². The maximum Gasteiger partial charge on any atom is 0.310 e. The van der Waals surface area contributed by atoms with Crippen LogP contribution < -0.4 is 5.32 Å². The molecule has 1 aromatic carbocycles. The Kier molecular flexibility index (Phi) is 9.37. The SMILES string of the molecule is CCCS(=O)(=O)O/C(NCC)=C(\C=N)C(=O)c1cc(C)c2c(c1C)C(OCCF)CCS2(=O)=O. The molecular weight excluding hydrogens is 487 g/mol. The highest BCUT2D eigenvalue weighted by atomic mass is 32.2. The first-order valence-corrected chi connectivity index (χ1v) is 14.2. The van der Waals surface area contributed by atoms with Gasteiger partial charge in [-0.1, -0.05) is 6.92 Å². The predicted octanol–water partition coefficient (Wildman–Crippen LogP) is 2.92. The van der Waals surface area contributed by atoms with Gasteiger partial charge >= 0.3 is 10.1 Å². The molecule has 2 N–H and O–H groups in total. The number of alkyl halides is 1. The van der Waals surface area contributed by atoms with Gasteiger partial charge in [-0.05, 0) is 50.8 Å². The minimum absolute atomic E-state index is 0.0609. The van der Waals surface area contributed by atoms with Gasteiger partial charge in [0.15, 0.2) is 15.6 Å². The molecule has 0 saturated heterocycles. The van der Waals surface area contributed by atoms with Crippen LogP contribution in [0, 0.1) is 19.3 Å². The number of nitrogens with one attached hydrogen (secondary N) is 2. The van der Waals surface area contributed by atoms with E-state index in [1.54, 1.807) is 27.7 Å². The molecule has 12 heteroatoms. The van der Waals surface area contributed by atoms with E-state index in [-0.39, 0.29) is 58.6 Å². The Bertz CT molecular complexity index is 1190. The number of benzene rings is 1. The van der Waals surface area contributed by atoms with Crippen LogP contribution in [0.25, 0.3) is 0 Å². The molecule has 190 valence electrons. The lowest BCUT2D eigenvalue weighted by Crippen LogP contribution is -2.27. The van der Waals surface area contributed by atoms with Crippen LogP contribution in [0.3, 0.4) is 0 Å². The van der Waals surface area contributed by atoms with E-state index >= 15 is 0 Å². The lowest BCUT2D eigenvalue weighted by atomic mass is 9.90. The van der Waals surface area contributed by atoms with Gasteiger partial charge in [-0.25, -0.2) is 12.8 Å². The molecule has 1 aliphatic rings. The molecule has 0 fully saturated rings. The van der Waals surface area contributed by atoms with Crippen LogP contribution in [0.1, 0.15) is 59.8 Å². The molecule has 0 aromatic heterocycles. The maximum absolute atomic E-state index is 13.5. The molecule has 1 aliphatic heterocycles. The number of halogens is 1. The van der Waals surface area contributed by atoms with Crippen molar-refractivity contribution in [3.63, 3.8) is 0 Å². The number of fused-ring (bicyclic) bond motifs is 1. The van der Waals surface area contributed by atoms with E-state index < -0.39 is 38.5 Å². The molecule has 0 amide bonds. The lowest BCUT2D eigenvalue weighted by molar-refractivity contribution is 0.0379. The van der Waals surface area contributed by atoms with Crippen LogP contribution in [0.15, 0.2) is 22.4 Å². The van der Waals surface area contributed by atoms with Crippen molar-refractivity contribution < 1.29 is 34.9 Å². The molecule has 1 heterocycles. The van der Waals surface area contributed by atoms with Crippen molar-refractivity contribution in [3.8, 4) is 0 Å². The zero-order valence-electron chi connectivity index (χ0n) is 19.7. The first kappa shape index (κ1) is 27.9. The molecule has 0 bridgehead atoms. The van der Waals surface area contributed by atoms with Crippen molar-refractivity contribution in [2.45, 2.75) is 51.5 Å². The fraction of sp³-hybridized carbons (Fsp3) is 0.545. The van der Waals surface area contributed by atoms with Gasteiger partial charge in [0.25, 0.3) is 0 Å². The Hall–Kier alpha value is -2.31. The molecular formula is C22H31FN2O7S2. The molecule has 1 unspecified atom stereocenters. The summed E-state index contributed by atoms with van der Waals surface area (Å²) in [5.41, 5.74) is 0.657. The monoisotopic (exact) mass is 518 g/mol. The summed E-state index contributed by atoms with van der Waals surface area (Å²) in [4.78, 5) is 13.6.